The number of rotatable bonds is 6. The monoisotopic (exact) mass is 393 g/mol. The number of nitrogens with one attached hydrogen (secondary N) is 2. The zero-order valence-electron chi connectivity index (χ0n) is 16.3. The first-order valence-electron chi connectivity index (χ1n) is 9.64. The first-order chi connectivity index (χ1) is 14.2. The second kappa shape index (κ2) is 8.83. The fourth-order valence-corrected chi connectivity index (χ4v) is 3.19. The molecular weight excluding hydrogens is 369 g/mol. The summed E-state index contributed by atoms with van der Waals surface area (Å²) in [5.41, 5.74) is 3.08. The summed E-state index contributed by atoms with van der Waals surface area (Å²) in [6.45, 7) is 4.77. The summed E-state index contributed by atoms with van der Waals surface area (Å²) in [5.74, 6) is 0.768. The predicted octanol–water partition coefficient (Wildman–Crippen LogP) is 3.12. The Morgan fingerprint density at radius 3 is 2.41 bits per heavy atom. The summed E-state index contributed by atoms with van der Waals surface area (Å²) in [6, 6.07) is 14.6. The fourth-order valence-electron chi connectivity index (χ4n) is 3.19. The van der Waals surface area contributed by atoms with E-state index in [0.29, 0.717) is 18.3 Å². The van der Waals surface area contributed by atoms with Gasteiger partial charge in [0.05, 0.1) is 6.20 Å². The Labute approximate surface area is 169 Å². The molecule has 1 fully saturated rings. The normalized spacial score (nSPS) is 14.6. The van der Waals surface area contributed by atoms with Crippen molar-refractivity contribution in [3.63, 3.8) is 0 Å². The Morgan fingerprint density at radius 1 is 0.966 bits per heavy atom. The van der Waals surface area contributed by atoms with Crippen molar-refractivity contribution in [2.24, 2.45) is 0 Å². The van der Waals surface area contributed by atoms with Crippen LogP contribution < -0.4 is 15.5 Å². The Morgan fingerprint density at radius 2 is 1.69 bits per heavy atom. The van der Waals surface area contributed by atoms with Gasteiger partial charge in [0, 0.05) is 44.1 Å². The van der Waals surface area contributed by atoms with E-state index >= 15 is 0 Å². The highest BCUT2D eigenvalue weighted by Crippen LogP contribution is 2.21. The van der Waals surface area contributed by atoms with Crippen molar-refractivity contribution < 1.29 is 4.39 Å². The minimum Gasteiger partial charge on any atom is -0.369 e. The van der Waals surface area contributed by atoms with Crippen LogP contribution in [0.5, 0.6) is 0 Å². The van der Waals surface area contributed by atoms with Crippen LogP contribution in [0.25, 0.3) is 0 Å². The van der Waals surface area contributed by atoms with E-state index < -0.39 is 0 Å². The van der Waals surface area contributed by atoms with E-state index in [1.165, 1.54) is 17.8 Å². The highest BCUT2D eigenvalue weighted by molar-refractivity contribution is 5.59. The Bertz CT molecular complexity index is 923. The molecule has 0 radical (unpaired) electrons. The quantitative estimate of drug-likeness (QED) is 0.667. The van der Waals surface area contributed by atoms with Crippen LogP contribution in [0.4, 0.5) is 27.5 Å². The number of aromatic nitrogens is 3. The highest BCUT2D eigenvalue weighted by Gasteiger charge is 2.14. The van der Waals surface area contributed by atoms with Gasteiger partial charge in [-0.3, -0.25) is 0 Å². The van der Waals surface area contributed by atoms with Crippen molar-refractivity contribution in [2.75, 3.05) is 48.8 Å². The number of nitrogens with zero attached hydrogens (tertiary/aromatic N) is 5. The molecular formula is C21H24FN7. The molecule has 29 heavy (non-hydrogen) atoms. The van der Waals surface area contributed by atoms with Crippen LogP contribution in [0.2, 0.25) is 0 Å². The molecule has 1 saturated heterocycles. The molecule has 2 N–H and O–H groups in total. The Kier molecular flexibility index (Phi) is 5.81. The molecule has 2 aromatic carbocycles. The minimum absolute atomic E-state index is 0.248. The van der Waals surface area contributed by atoms with Gasteiger partial charge < -0.3 is 20.4 Å². The lowest BCUT2D eigenvalue weighted by Crippen LogP contribution is -2.44. The molecule has 0 aliphatic carbocycles. The van der Waals surface area contributed by atoms with Crippen molar-refractivity contribution in [3.05, 3.63) is 66.1 Å². The molecule has 0 spiro atoms. The summed E-state index contributed by atoms with van der Waals surface area (Å²) in [7, 11) is 2.15. The van der Waals surface area contributed by atoms with Crippen molar-refractivity contribution in [2.45, 2.75) is 6.54 Å². The number of piperazine rings is 1. The smallest absolute Gasteiger partial charge is 0.249 e. The van der Waals surface area contributed by atoms with Gasteiger partial charge in [0.25, 0.3) is 0 Å². The van der Waals surface area contributed by atoms with Crippen LogP contribution in [0.3, 0.4) is 0 Å². The van der Waals surface area contributed by atoms with Gasteiger partial charge in [-0.2, -0.15) is 10.1 Å². The first kappa shape index (κ1) is 19.1. The number of hydrogen-bond donors (Lipinski definition) is 2. The standard InChI is InChI=1S/C21H24FN7/c1-28-10-12-29(13-11-28)19-8-6-18(7-9-19)25-21-26-20(15-24-27-21)23-14-16-2-4-17(22)5-3-16/h2-9,15H,10-14H2,1H3,(H2,23,25,26,27). The third-order valence-electron chi connectivity index (χ3n) is 4.94. The molecule has 2 heterocycles. The average Bonchev–Trinajstić information content (AvgIpc) is 2.75. The van der Waals surface area contributed by atoms with Gasteiger partial charge in [0.15, 0.2) is 5.82 Å². The molecule has 1 aromatic heterocycles. The molecule has 4 rings (SSSR count). The maximum atomic E-state index is 13.0. The van der Waals surface area contributed by atoms with Crippen LogP contribution in [-0.4, -0.2) is 53.3 Å². The van der Waals surface area contributed by atoms with E-state index in [4.69, 9.17) is 0 Å². The van der Waals surface area contributed by atoms with Gasteiger partial charge in [-0.15, -0.1) is 5.10 Å². The molecule has 7 nitrogen and oxygen atoms in total. The van der Waals surface area contributed by atoms with Crippen LogP contribution in [0.1, 0.15) is 5.56 Å². The van der Waals surface area contributed by atoms with E-state index in [2.05, 4.69) is 54.8 Å². The maximum absolute atomic E-state index is 13.0. The minimum atomic E-state index is -0.248. The van der Waals surface area contributed by atoms with Crippen LogP contribution >= 0.6 is 0 Å². The topological polar surface area (TPSA) is 69.2 Å². The molecule has 1 aliphatic rings. The summed E-state index contributed by atoms with van der Waals surface area (Å²) >= 11 is 0. The van der Waals surface area contributed by atoms with Gasteiger partial charge in [0.1, 0.15) is 5.82 Å². The molecule has 0 unspecified atom stereocenters. The predicted molar refractivity (Wildman–Crippen MR) is 113 cm³/mol. The van der Waals surface area contributed by atoms with Crippen molar-refractivity contribution in [1.82, 2.24) is 20.1 Å². The molecule has 150 valence electrons. The third-order valence-corrected chi connectivity index (χ3v) is 4.94. The zero-order valence-corrected chi connectivity index (χ0v) is 16.3. The lowest BCUT2D eigenvalue weighted by Gasteiger charge is -2.34. The van der Waals surface area contributed by atoms with Gasteiger partial charge in [-0.1, -0.05) is 12.1 Å². The molecule has 3 aromatic rings. The first-order valence-corrected chi connectivity index (χ1v) is 9.64. The largest absolute Gasteiger partial charge is 0.369 e. The van der Waals surface area contributed by atoms with Crippen molar-refractivity contribution >= 4 is 23.1 Å². The molecule has 1 aliphatic heterocycles. The van der Waals surface area contributed by atoms with E-state index in [-0.39, 0.29) is 5.82 Å². The van der Waals surface area contributed by atoms with Gasteiger partial charge >= 0.3 is 0 Å². The van der Waals surface area contributed by atoms with Crippen molar-refractivity contribution in [1.29, 1.82) is 0 Å². The summed E-state index contributed by atoms with van der Waals surface area (Å²) < 4.78 is 13.0. The van der Waals surface area contributed by atoms with E-state index in [1.807, 2.05) is 12.1 Å². The van der Waals surface area contributed by atoms with Gasteiger partial charge in [0.2, 0.25) is 5.95 Å². The lowest BCUT2D eigenvalue weighted by atomic mass is 10.2. The van der Waals surface area contributed by atoms with Crippen LogP contribution in [0, 0.1) is 5.82 Å². The number of likely N-dealkylation sites (N-methyl/N-ethyl adjacent to an activating group) is 1. The van der Waals surface area contributed by atoms with E-state index in [1.54, 1.807) is 18.3 Å². The molecule has 0 amide bonds. The van der Waals surface area contributed by atoms with Crippen LogP contribution in [-0.2, 0) is 6.54 Å². The SMILES string of the molecule is CN1CCN(c2ccc(Nc3nncc(NCc4ccc(F)cc4)n3)cc2)CC1. The highest BCUT2D eigenvalue weighted by atomic mass is 19.1. The van der Waals surface area contributed by atoms with Gasteiger partial charge in [-0.05, 0) is 49.0 Å². The average molecular weight is 393 g/mol. The lowest BCUT2D eigenvalue weighted by molar-refractivity contribution is 0.313. The van der Waals surface area contributed by atoms with E-state index in [0.717, 1.165) is 37.4 Å². The number of hydrogen-bond acceptors (Lipinski definition) is 7. The summed E-state index contributed by atoms with van der Waals surface area (Å²) in [6.07, 6.45) is 1.56. The molecule has 0 atom stereocenters. The Hall–Kier alpha value is -3.26. The second-order valence-corrected chi connectivity index (χ2v) is 7.11. The van der Waals surface area contributed by atoms with Crippen molar-refractivity contribution in [3.8, 4) is 0 Å². The van der Waals surface area contributed by atoms with Gasteiger partial charge in [-0.25, -0.2) is 4.39 Å². The number of anilines is 4. The maximum Gasteiger partial charge on any atom is 0.249 e. The third kappa shape index (κ3) is 5.17. The Balaban J connectivity index is 1.35. The van der Waals surface area contributed by atoms with E-state index in [9.17, 15) is 4.39 Å². The zero-order chi connectivity index (χ0) is 20.1. The van der Waals surface area contributed by atoms with Crippen LogP contribution in [0.15, 0.2) is 54.7 Å². The second-order valence-electron chi connectivity index (χ2n) is 7.11. The number of benzene rings is 2. The number of halogens is 1. The fraction of sp³-hybridized carbons (Fsp3) is 0.286. The summed E-state index contributed by atoms with van der Waals surface area (Å²) in [4.78, 5) is 9.17. The summed E-state index contributed by atoms with van der Waals surface area (Å²) in [5, 5.41) is 14.4. The molecule has 0 bridgehead atoms. The molecule has 8 heteroatoms. The molecule has 0 saturated carbocycles.